The number of nitrogens with one attached hydrogen (secondary N) is 1. The van der Waals surface area contributed by atoms with Crippen LogP contribution < -0.4 is 5.32 Å². The van der Waals surface area contributed by atoms with E-state index in [1.54, 1.807) is 12.1 Å². The molecule has 1 saturated carbocycles. The van der Waals surface area contributed by atoms with Crippen molar-refractivity contribution in [2.45, 2.75) is 33.1 Å². The summed E-state index contributed by atoms with van der Waals surface area (Å²) in [4.78, 5) is 12.1. The molecule has 1 aromatic carbocycles. The molecule has 3 nitrogen and oxygen atoms in total. The van der Waals surface area contributed by atoms with Crippen LogP contribution in [0.2, 0.25) is 0 Å². The number of rotatable bonds is 2. The number of phenols is 1. The molecule has 1 aliphatic carbocycles. The molecule has 0 radical (unpaired) electrons. The fraction of sp³-hybridized carbons (Fsp3) is 0.500. The van der Waals surface area contributed by atoms with Gasteiger partial charge in [0.1, 0.15) is 5.75 Å². The zero-order valence-electron chi connectivity index (χ0n) is 10.4. The summed E-state index contributed by atoms with van der Waals surface area (Å²) in [6, 6.07) is 5.20. The summed E-state index contributed by atoms with van der Waals surface area (Å²) in [6.07, 6.45) is 3.25. The van der Waals surface area contributed by atoms with Crippen LogP contribution in [0.4, 0.5) is 5.69 Å². The lowest BCUT2D eigenvalue weighted by atomic mass is 9.97. The molecule has 1 aliphatic rings. The fourth-order valence-corrected chi connectivity index (χ4v) is 2.52. The van der Waals surface area contributed by atoms with Crippen molar-refractivity contribution in [3.63, 3.8) is 0 Å². The van der Waals surface area contributed by atoms with Gasteiger partial charge in [-0.2, -0.15) is 0 Å². The summed E-state index contributed by atoms with van der Waals surface area (Å²) in [6.45, 7) is 3.94. The molecule has 2 unspecified atom stereocenters. The van der Waals surface area contributed by atoms with Crippen molar-refractivity contribution in [2.75, 3.05) is 5.32 Å². The Morgan fingerprint density at radius 2 is 2.18 bits per heavy atom. The van der Waals surface area contributed by atoms with Crippen molar-refractivity contribution in [1.29, 1.82) is 0 Å². The minimum Gasteiger partial charge on any atom is -0.508 e. The second-order valence-electron chi connectivity index (χ2n) is 4.95. The van der Waals surface area contributed by atoms with Gasteiger partial charge in [0.05, 0.1) is 0 Å². The highest BCUT2D eigenvalue weighted by Gasteiger charge is 2.29. The largest absolute Gasteiger partial charge is 0.508 e. The highest BCUT2D eigenvalue weighted by molar-refractivity contribution is 5.93. The molecule has 0 aliphatic heterocycles. The van der Waals surface area contributed by atoms with Gasteiger partial charge in [-0.1, -0.05) is 19.4 Å². The number of hydrogen-bond donors (Lipinski definition) is 2. The minimum absolute atomic E-state index is 0.0868. The minimum atomic E-state index is 0.0868. The number of phenolic OH excluding ortho intramolecular Hbond substituents is 1. The van der Waals surface area contributed by atoms with Crippen LogP contribution in [0.15, 0.2) is 18.2 Å². The van der Waals surface area contributed by atoms with E-state index in [1.807, 2.05) is 13.0 Å². The van der Waals surface area contributed by atoms with E-state index in [0.717, 1.165) is 24.8 Å². The summed E-state index contributed by atoms with van der Waals surface area (Å²) in [5, 5.41) is 12.5. The van der Waals surface area contributed by atoms with Gasteiger partial charge in [-0.05, 0) is 37.8 Å². The molecule has 1 fully saturated rings. The van der Waals surface area contributed by atoms with E-state index in [1.165, 1.54) is 0 Å². The van der Waals surface area contributed by atoms with E-state index in [2.05, 4.69) is 12.2 Å². The molecule has 0 saturated heterocycles. The number of benzene rings is 1. The number of carbonyl (C=O) groups is 1. The average molecular weight is 233 g/mol. The average Bonchev–Trinajstić information content (AvgIpc) is 2.71. The molecule has 92 valence electrons. The molecule has 3 heteroatoms. The number of hydrogen-bond acceptors (Lipinski definition) is 2. The van der Waals surface area contributed by atoms with Gasteiger partial charge in [0.25, 0.3) is 0 Å². The third-order valence-corrected chi connectivity index (χ3v) is 3.76. The lowest BCUT2D eigenvalue weighted by Crippen LogP contribution is -2.24. The van der Waals surface area contributed by atoms with Crippen LogP contribution in [-0.4, -0.2) is 11.0 Å². The van der Waals surface area contributed by atoms with Gasteiger partial charge in [-0.25, -0.2) is 0 Å². The lowest BCUT2D eigenvalue weighted by Gasteiger charge is -2.16. The van der Waals surface area contributed by atoms with E-state index in [-0.39, 0.29) is 17.6 Å². The topological polar surface area (TPSA) is 49.3 Å². The smallest absolute Gasteiger partial charge is 0.227 e. The predicted octanol–water partition coefficient (Wildman–Crippen LogP) is 3.08. The van der Waals surface area contributed by atoms with Crippen molar-refractivity contribution in [3.8, 4) is 5.75 Å². The lowest BCUT2D eigenvalue weighted by molar-refractivity contribution is -0.120. The molecule has 2 N–H and O–H groups in total. The molecule has 1 amide bonds. The van der Waals surface area contributed by atoms with E-state index < -0.39 is 0 Å². The third kappa shape index (κ3) is 2.43. The molecule has 17 heavy (non-hydrogen) atoms. The number of carbonyl (C=O) groups excluding carboxylic acids is 1. The van der Waals surface area contributed by atoms with Gasteiger partial charge in [-0.15, -0.1) is 0 Å². The standard InChI is InChI=1S/C14H19NO2/c1-9-5-3-6-11(9)14(17)15-12-7-4-8-13(16)10(12)2/h4,7-9,11,16H,3,5-6H2,1-2H3,(H,15,17). The van der Waals surface area contributed by atoms with Gasteiger partial charge in [0.2, 0.25) is 5.91 Å². The monoisotopic (exact) mass is 233 g/mol. The molecule has 2 rings (SSSR count). The SMILES string of the molecule is Cc1c(O)cccc1NC(=O)C1CCCC1C. The van der Waals surface area contributed by atoms with E-state index >= 15 is 0 Å². The van der Waals surface area contributed by atoms with Gasteiger partial charge in [0, 0.05) is 17.2 Å². The summed E-state index contributed by atoms with van der Waals surface area (Å²) >= 11 is 0. The first-order valence-electron chi connectivity index (χ1n) is 6.19. The number of anilines is 1. The summed E-state index contributed by atoms with van der Waals surface area (Å²) < 4.78 is 0. The zero-order chi connectivity index (χ0) is 12.4. The van der Waals surface area contributed by atoms with Crippen LogP contribution in [0.1, 0.15) is 31.7 Å². The van der Waals surface area contributed by atoms with Gasteiger partial charge < -0.3 is 10.4 Å². The Morgan fingerprint density at radius 3 is 2.82 bits per heavy atom. The number of amides is 1. The van der Waals surface area contributed by atoms with Crippen LogP contribution in [-0.2, 0) is 4.79 Å². The normalized spacial score (nSPS) is 23.6. The van der Waals surface area contributed by atoms with E-state index in [9.17, 15) is 9.90 Å². The Labute approximate surface area is 102 Å². The molecule has 2 atom stereocenters. The first-order chi connectivity index (χ1) is 8.09. The maximum absolute atomic E-state index is 12.1. The molecule has 0 aromatic heterocycles. The second-order valence-corrected chi connectivity index (χ2v) is 4.95. The Hall–Kier alpha value is -1.51. The molecular formula is C14H19NO2. The predicted molar refractivity (Wildman–Crippen MR) is 68.0 cm³/mol. The van der Waals surface area contributed by atoms with Crippen LogP contribution in [0.25, 0.3) is 0 Å². The molecule has 0 bridgehead atoms. The fourth-order valence-electron chi connectivity index (χ4n) is 2.52. The van der Waals surface area contributed by atoms with Gasteiger partial charge in [-0.3, -0.25) is 4.79 Å². The Morgan fingerprint density at radius 1 is 1.41 bits per heavy atom. The molecule has 1 aromatic rings. The van der Waals surface area contributed by atoms with Crippen molar-refractivity contribution < 1.29 is 9.90 Å². The Bertz CT molecular complexity index is 428. The summed E-state index contributed by atoms with van der Waals surface area (Å²) in [7, 11) is 0. The Balaban J connectivity index is 2.10. The van der Waals surface area contributed by atoms with Gasteiger partial charge in [0.15, 0.2) is 0 Å². The highest BCUT2D eigenvalue weighted by atomic mass is 16.3. The first-order valence-corrected chi connectivity index (χ1v) is 6.19. The van der Waals surface area contributed by atoms with Crippen LogP contribution in [0.5, 0.6) is 5.75 Å². The molecule has 0 heterocycles. The van der Waals surface area contributed by atoms with E-state index in [0.29, 0.717) is 11.6 Å². The summed E-state index contributed by atoms with van der Waals surface area (Å²) in [5.74, 6) is 0.898. The third-order valence-electron chi connectivity index (χ3n) is 3.76. The van der Waals surface area contributed by atoms with Crippen molar-refractivity contribution in [1.82, 2.24) is 0 Å². The van der Waals surface area contributed by atoms with Crippen molar-refractivity contribution in [3.05, 3.63) is 23.8 Å². The zero-order valence-corrected chi connectivity index (χ0v) is 10.4. The van der Waals surface area contributed by atoms with Crippen molar-refractivity contribution >= 4 is 11.6 Å². The first kappa shape index (κ1) is 12.0. The highest BCUT2D eigenvalue weighted by Crippen LogP contribution is 2.33. The van der Waals surface area contributed by atoms with Crippen LogP contribution in [0, 0.1) is 18.8 Å². The van der Waals surface area contributed by atoms with Gasteiger partial charge >= 0.3 is 0 Å². The van der Waals surface area contributed by atoms with Crippen LogP contribution >= 0.6 is 0 Å². The van der Waals surface area contributed by atoms with E-state index in [4.69, 9.17) is 0 Å². The molecular weight excluding hydrogens is 214 g/mol. The molecule has 0 spiro atoms. The quantitative estimate of drug-likeness (QED) is 0.824. The summed E-state index contributed by atoms with van der Waals surface area (Å²) in [5.41, 5.74) is 1.45. The number of aromatic hydroxyl groups is 1. The maximum atomic E-state index is 12.1. The van der Waals surface area contributed by atoms with Crippen molar-refractivity contribution in [2.24, 2.45) is 11.8 Å². The maximum Gasteiger partial charge on any atom is 0.227 e. The Kier molecular flexibility index (Phi) is 3.36. The second kappa shape index (κ2) is 4.78. The van der Waals surface area contributed by atoms with Crippen LogP contribution in [0.3, 0.4) is 0 Å².